The summed E-state index contributed by atoms with van der Waals surface area (Å²) in [5.74, 6) is 7.08. The van der Waals surface area contributed by atoms with Gasteiger partial charge in [-0.15, -0.1) is 0 Å². The number of hydrogen-bond donors (Lipinski definition) is 0. The summed E-state index contributed by atoms with van der Waals surface area (Å²) < 4.78 is 0. The zero-order valence-electron chi connectivity index (χ0n) is 6.77. The highest BCUT2D eigenvalue weighted by atomic mass is 14.0. The van der Waals surface area contributed by atoms with Gasteiger partial charge in [0.2, 0.25) is 0 Å². The van der Waals surface area contributed by atoms with Crippen LogP contribution >= 0.6 is 0 Å². The maximum absolute atomic E-state index is 3.20. The van der Waals surface area contributed by atoms with Gasteiger partial charge in [0.25, 0.3) is 0 Å². The molecule has 0 spiro atoms. The van der Waals surface area contributed by atoms with E-state index in [4.69, 9.17) is 0 Å². The monoisotopic (exact) mass is 154 g/mol. The third-order valence-electron chi connectivity index (χ3n) is 1.91. The maximum Gasteiger partial charge on any atom is 0.0569 e. The van der Waals surface area contributed by atoms with Gasteiger partial charge in [-0.3, -0.25) is 0 Å². The van der Waals surface area contributed by atoms with Gasteiger partial charge in [0.1, 0.15) is 0 Å². The highest BCUT2D eigenvalue weighted by Gasteiger charge is 2.00. The van der Waals surface area contributed by atoms with Crippen molar-refractivity contribution in [1.82, 2.24) is 0 Å². The van der Waals surface area contributed by atoms with Crippen molar-refractivity contribution in [2.24, 2.45) is 11.8 Å². The first-order valence-corrected chi connectivity index (χ1v) is 4.16. The van der Waals surface area contributed by atoms with Crippen molar-refractivity contribution >= 4 is 0 Å². The maximum atomic E-state index is 3.20. The fraction of sp³-hybridized carbons (Fsp3) is 0.167. The van der Waals surface area contributed by atoms with E-state index in [1.807, 2.05) is 24.3 Å². The van der Waals surface area contributed by atoms with Crippen LogP contribution in [0.5, 0.6) is 0 Å². The average molecular weight is 154 g/mol. The van der Waals surface area contributed by atoms with Gasteiger partial charge >= 0.3 is 0 Å². The fourth-order valence-electron chi connectivity index (χ4n) is 1.25. The van der Waals surface area contributed by atoms with Crippen molar-refractivity contribution in [2.45, 2.75) is 0 Å². The van der Waals surface area contributed by atoms with Gasteiger partial charge in [0.05, 0.1) is 11.8 Å². The Morgan fingerprint density at radius 3 is 1.25 bits per heavy atom. The molecule has 0 heteroatoms. The molecule has 0 saturated heterocycles. The SMILES string of the molecule is C(#CC1C=CC=C1)C1C=CC=C1. The minimum absolute atomic E-state index is 0.340. The zero-order chi connectivity index (χ0) is 8.23. The predicted molar refractivity (Wildman–Crippen MR) is 51.3 cm³/mol. The van der Waals surface area contributed by atoms with Crippen LogP contribution in [-0.4, -0.2) is 0 Å². The van der Waals surface area contributed by atoms with Crippen LogP contribution in [0.25, 0.3) is 0 Å². The molecule has 0 bridgehead atoms. The molecule has 0 saturated carbocycles. The van der Waals surface area contributed by atoms with Gasteiger partial charge in [0, 0.05) is 0 Å². The third kappa shape index (κ3) is 1.57. The van der Waals surface area contributed by atoms with Gasteiger partial charge in [-0.2, -0.15) is 0 Å². The molecule has 58 valence electrons. The first-order valence-electron chi connectivity index (χ1n) is 4.16. The van der Waals surface area contributed by atoms with Crippen molar-refractivity contribution in [2.75, 3.05) is 0 Å². The van der Waals surface area contributed by atoms with E-state index in [1.165, 1.54) is 0 Å². The molecular weight excluding hydrogens is 144 g/mol. The van der Waals surface area contributed by atoms with Gasteiger partial charge < -0.3 is 0 Å². The summed E-state index contributed by atoms with van der Waals surface area (Å²) in [7, 11) is 0. The van der Waals surface area contributed by atoms with Gasteiger partial charge in [-0.05, 0) is 0 Å². The van der Waals surface area contributed by atoms with E-state index in [9.17, 15) is 0 Å². The van der Waals surface area contributed by atoms with E-state index >= 15 is 0 Å². The molecule has 2 rings (SSSR count). The minimum Gasteiger partial charge on any atom is -0.0905 e. The van der Waals surface area contributed by atoms with Crippen LogP contribution in [0.4, 0.5) is 0 Å². The fourth-order valence-corrected chi connectivity index (χ4v) is 1.25. The topological polar surface area (TPSA) is 0 Å². The second-order valence-electron chi connectivity index (χ2n) is 2.88. The Labute approximate surface area is 73.0 Å². The lowest BCUT2D eigenvalue weighted by Gasteiger charge is -1.92. The molecule has 0 unspecified atom stereocenters. The van der Waals surface area contributed by atoms with Crippen LogP contribution in [0.2, 0.25) is 0 Å². The zero-order valence-corrected chi connectivity index (χ0v) is 6.77. The van der Waals surface area contributed by atoms with E-state index in [-0.39, 0.29) is 0 Å². The Bertz CT molecular complexity index is 273. The first kappa shape index (κ1) is 7.18. The van der Waals surface area contributed by atoms with E-state index in [0.29, 0.717) is 11.8 Å². The molecule has 0 aliphatic heterocycles. The standard InChI is InChI=1S/C12H10/c1-2-6-11(5-1)9-10-12-7-3-4-8-12/h1-8,11-12H. The summed E-state index contributed by atoms with van der Waals surface area (Å²) >= 11 is 0. The van der Waals surface area contributed by atoms with E-state index in [1.54, 1.807) is 0 Å². The molecular formula is C12H10. The summed E-state index contributed by atoms with van der Waals surface area (Å²) in [5, 5.41) is 0. The smallest absolute Gasteiger partial charge is 0.0569 e. The van der Waals surface area contributed by atoms with Gasteiger partial charge in [-0.1, -0.05) is 60.4 Å². The van der Waals surface area contributed by atoms with Crippen LogP contribution < -0.4 is 0 Å². The number of allylic oxidation sites excluding steroid dienone is 8. The summed E-state index contributed by atoms with van der Waals surface area (Å²) in [6.07, 6.45) is 16.6. The van der Waals surface area contributed by atoms with Crippen LogP contribution in [0.15, 0.2) is 48.6 Å². The van der Waals surface area contributed by atoms with Crippen molar-refractivity contribution in [1.29, 1.82) is 0 Å². The Morgan fingerprint density at radius 2 is 0.917 bits per heavy atom. The lowest BCUT2D eigenvalue weighted by Crippen LogP contribution is -1.86. The second kappa shape index (κ2) is 3.28. The molecule has 2 aliphatic carbocycles. The Hall–Kier alpha value is -1.48. The average Bonchev–Trinajstić information content (AvgIpc) is 2.74. The summed E-state index contributed by atoms with van der Waals surface area (Å²) in [4.78, 5) is 0. The Balaban J connectivity index is 2.00. The molecule has 0 aromatic heterocycles. The lowest BCUT2D eigenvalue weighted by molar-refractivity contribution is 1.10. The molecule has 0 nitrogen and oxygen atoms in total. The molecule has 12 heavy (non-hydrogen) atoms. The van der Waals surface area contributed by atoms with Crippen molar-refractivity contribution in [3.63, 3.8) is 0 Å². The van der Waals surface area contributed by atoms with Crippen molar-refractivity contribution in [3.8, 4) is 11.8 Å². The molecule has 0 heterocycles. The first-order chi connectivity index (χ1) is 5.95. The largest absolute Gasteiger partial charge is 0.0905 e. The van der Waals surface area contributed by atoms with E-state index < -0.39 is 0 Å². The van der Waals surface area contributed by atoms with E-state index in [2.05, 4.69) is 36.1 Å². The molecule has 2 aliphatic rings. The number of hydrogen-bond acceptors (Lipinski definition) is 0. The highest BCUT2D eigenvalue weighted by Crippen LogP contribution is 2.10. The number of rotatable bonds is 0. The van der Waals surface area contributed by atoms with Crippen LogP contribution in [0.1, 0.15) is 0 Å². The molecule has 0 aromatic rings. The summed E-state index contributed by atoms with van der Waals surface area (Å²) in [6, 6.07) is 0. The summed E-state index contributed by atoms with van der Waals surface area (Å²) in [6.45, 7) is 0. The quantitative estimate of drug-likeness (QED) is 0.470. The van der Waals surface area contributed by atoms with Crippen molar-refractivity contribution < 1.29 is 0 Å². The lowest BCUT2D eigenvalue weighted by atomic mass is 10.1. The third-order valence-corrected chi connectivity index (χ3v) is 1.91. The normalized spacial score (nSPS) is 20.3. The predicted octanol–water partition coefficient (Wildman–Crippen LogP) is 2.47. The second-order valence-corrected chi connectivity index (χ2v) is 2.88. The highest BCUT2D eigenvalue weighted by molar-refractivity contribution is 5.32. The summed E-state index contributed by atoms with van der Waals surface area (Å²) in [5.41, 5.74) is 0. The van der Waals surface area contributed by atoms with Gasteiger partial charge in [-0.25, -0.2) is 0 Å². The van der Waals surface area contributed by atoms with E-state index in [0.717, 1.165) is 0 Å². The van der Waals surface area contributed by atoms with Crippen LogP contribution in [0, 0.1) is 23.7 Å². The molecule has 0 amide bonds. The van der Waals surface area contributed by atoms with Gasteiger partial charge in [0.15, 0.2) is 0 Å². The molecule has 0 aromatic carbocycles. The Kier molecular flexibility index (Phi) is 1.96. The van der Waals surface area contributed by atoms with Crippen LogP contribution in [0.3, 0.4) is 0 Å². The van der Waals surface area contributed by atoms with Crippen LogP contribution in [-0.2, 0) is 0 Å². The van der Waals surface area contributed by atoms with Crippen molar-refractivity contribution in [3.05, 3.63) is 48.6 Å². The molecule has 0 N–H and O–H groups in total. The molecule has 0 fully saturated rings. The molecule has 0 radical (unpaired) electrons. The molecule has 0 atom stereocenters. The minimum atomic E-state index is 0.340. The Morgan fingerprint density at radius 1 is 0.583 bits per heavy atom.